The van der Waals surface area contributed by atoms with Gasteiger partial charge in [-0.2, -0.15) is 0 Å². The normalized spacial score (nSPS) is 14.2. The third kappa shape index (κ3) is 3.60. The molecule has 1 aliphatic carbocycles. The van der Waals surface area contributed by atoms with Crippen molar-refractivity contribution in [3.8, 4) is 5.75 Å². The van der Waals surface area contributed by atoms with Crippen molar-refractivity contribution in [1.29, 1.82) is 0 Å². The summed E-state index contributed by atoms with van der Waals surface area (Å²) in [5, 5.41) is 8.75. The van der Waals surface area contributed by atoms with Crippen molar-refractivity contribution in [1.82, 2.24) is 0 Å². The zero-order chi connectivity index (χ0) is 16.1. The van der Waals surface area contributed by atoms with Gasteiger partial charge in [-0.05, 0) is 18.1 Å². The number of ether oxygens (including phenoxy) is 2. The van der Waals surface area contributed by atoms with E-state index in [9.17, 15) is 14.4 Å². The maximum absolute atomic E-state index is 11.9. The van der Waals surface area contributed by atoms with Crippen LogP contribution < -0.4 is 4.74 Å². The first-order valence-corrected chi connectivity index (χ1v) is 6.55. The van der Waals surface area contributed by atoms with Gasteiger partial charge in [0.2, 0.25) is 11.6 Å². The van der Waals surface area contributed by atoms with Gasteiger partial charge < -0.3 is 14.6 Å². The Hall–Kier alpha value is -2.89. The van der Waals surface area contributed by atoms with Crippen molar-refractivity contribution in [3.05, 3.63) is 53.5 Å². The molecule has 1 aromatic carbocycles. The number of para-hydroxylation sites is 1. The second kappa shape index (κ2) is 6.71. The van der Waals surface area contributed by atoms with Crippen molar-refractivity contribution in [2.45, 2.75) is 12.8 Å². The van der Waals surface area contributed by atoms with Crippen molar-refractivity contribution < 1.29 is 29.0 Å². The summed E-state index contributed by atoms with van der Waals surface area (Å²) in [7, 11) is 1.30. The van der Waals surface area contributed by atoms with Crippen LogP contribution in [0.1, 0.15) is 12.0 Å². The molecule has 0 aromatic heterocycles. The number of benzene rings is 1. The van der Waals surface area contributed by atoms with Crippen LogP contribution in [0.15, 0.2) is 47.9 Å². The molecule has 0 bridgehead atoms. The average molecular weight is 302 g/mol. The number of aryl methyl sites for hydroxylation is 1. The van der Waals surface area contributed by atoms with Gasteiger partial charge in [-0.1, -0.05) is 18.2 Å². The number of carboxylic acid groups (broad SMARTS) is 1. The summed E-state index contributed by atoms with van der Waals surface area (Å²) in [6.07, 6.45) is 2.34. The van der Waals surface area contributed by atoms with Gasteiger partial charge in [-0.3, -0.25) is 14.4 Å². The van der Waals surface area contributed by atoms with E-state index in [1.165, 1.54) is 7.11 Å². The van der Waals surface area contributed by atoms with Gasteiger partial charge in [0.05, 0.1) is 7.11 Å². The number of carboxylic acids is 1. The third-order valence-corrected chi connectivity index (χ3v) is 3.03. The highest BCUT2D eigenvalue weighted by Gasteiger charge is 2.23. The van der Waals surface area contributed by atoms with Crippen molar-refractivity contribution >= 4 is 17.5 Å². The lowest BCUT2D eigenvalue weighted by molar-refractivity contribution is -0.137. The van der Waals surface area contributed by atoms with E-state index in [2.05, 4.69) is 0 Å². The Kier molecular flexibility index (Phi) is 4.73. The Morgan fingerprint density at radius 3 is 2.41 bits per heavy atom. The number of carbonyl (C=O) groups excluding carboxylic acids is 2. The minimum atomic E-state index is -0.925. The van der Waals surface area contributed by atoms with Crippen LogP contribution in [0.5, 0.6) is 5.75 Å². The molecule has 0 heterocycles. The fourth-order valence-electron chi connectivity index (χ4n) is 1.93. The first-order chi connectivity index (χ1) is 10.5. The monoisotopic (exact) mass is 302 g/mol. The number of aliphatic carboxylic acids is 1. The predicted molar refractivity (Wildman–Crippen MR) is 76.2 cm³/mol. The minimum Gasteiger partial charge on any atom is -0.493 e. The highest BCUT2D eigenvalue weighted by atomic mass is 16.5. The summed E-state index contributed by atoms with van der Waals surface area (Å²) in [4.78, 5) is 34.3. The predicted octanol–water partition coefficient (Wildman–Crippen LogP) is 1.65. The van der Waals surface area contributed by atoms with E-state index < -0.39 is 17.5 Å². The zero-order valence-electron chi connectivity index (χ0n) is 11.9. The van der Waals surface area contributed by atoms with Crippen LogP contribution in [-0.2, 0) is 25.5 Å². The molecule has 0 radical (unpaired) electrons. The van der Waals surface area contributed by atoms with Gasteiger partial charge in [-0.25, -0.2) is 0 Å². The second-order valence-corrected chi connectivity index (χ2v) is 4.55. The Labute approximate surface area is 126 Å². The van der Waals surface area contributed by atoms with Crippen molar-refractivity contribution in [2.24, 2.45) is 0 Å². The lowest BCUT2D eigenvalue weighted by Gasteiger charge is -2.14. The second-order valence-electron chi connectivity index (χ2n) is 4.55. The molecule has 2 rings (SSSR count). The molecular weight excluding hydrogens is 288 g/mol. The summed E-state index contributed by atoms with van der Waals surface area (Å²) < 4.78 is 10.3. The quantitative estimate of drug-likeness (QED) is 0.804. The minimum absolute atomic E-state index is 0.0449. The van der Waals surface area contributed by atoms with Crippen LogP contribution in [0.2, 0.25) is 0 Å². The van der Waals surface area contributed by atoms with E-state index in [4.69, 9.17) is 14.6 Å². The fraction of sp³-hybridized carbons (Fsp3) is 0.188. The Bertz CT molecular complexity index is 684. The van der Waals surface area contributed by atoms with Crippen LogP contribution in [0.4, 0.5) is 0 Å². The maximum Gasteiger partial charge on any atom is 0.303 e. The molecule has 0 amide bonds. The van der Waals surface area contributed by atoms with Gasteiger partial charge in [-0.15, -0.1) is 0 Å². The van der Waals surface area contributed by atoms with Crippen LogP contribution in [-0.4, -0.2) is 29.8 Å². The number of carbonyl (C=O) groups is 3. The van der Waals surface area contributed by atoms with Gasteiger partial charge >= 0.3 is 5.97 Å². The smallest absolute Gasteiger partial charge is 0.303 e. The molecule has 0 saturated carbocycles. The number of rotatable bonds is 6. The molecule has 22 heavy (non-hydrogen) atoms. The highest BCUT2D eigenvalue weighted by Crippen LogP contribution is 2.24. The summed E-state index contributed by atoms with van der Waals surface area (Å²) in [6.45, 7) is 0. The molecule has 0 atom stereocenters. The standard InChI is InChI=1S/C16H14O6/c1-21-14-8-12(18)15(9-11(14)17)22-13-5-3-2-4-10(13)6-7-16(19)20/h2-5,8-9H,6-7H2,1H3,(H,19,20). The molecule has 6 nitrogen and oxygen atoms in total. The fourth-order valence-corrected chi connectivity index (χ4v) is 1.93. The molecule has 1 aliphatic rings. The van der Waals surface area contributed by atoms with Crippen LogP contribution in [0.25, 0.3) is 0 Å². The number of methoxy groups -OCH3 is 1. The van der Waals surface area contributed by atoms with Gasteiger partial charge in [0, 0.05) is 18.6 Å². The van der Waals surface area contributed by atoms with Gasteiger partial charge in [0.15, 0.2) is 11.5 Å². The SMILES string of the molecule is COC1=CC(=O)C(Oc2ccccc2CCC(=O)O)=CC1=O. The molecule has 1 N–H and O–H groups in total. The third-order valence-electron chi connectivity index (χ3n) is 3.03. The first kappa shape index (κ1) is 15.5. The Morgan fingerprint density at radius 1 is 1.09 bits per heavy atom. The molecule has 6 heteroatoms. The largest absolute Gasteiger partial charge is 0.493 e. The van der Waals surface area contributed by atoms with Crippen molar-refractivity contribution in [2.75, 3.05) is 7.11 Å². The number of hydrogen-bond donors (Lipinski definition) is 1. The summed E-state index contributed by atoms with van der Waals surface area (Å²) >= 11 is 0. The van der Waals surface area contributed by atoms with Crippen LogP contribution in [0.3, 0.4) is 0 Å². The molecule has 0 fully saturated rings. The van der Waals surface area contributed by atoms with Gasteiger partial charge in [0.25, 0.3) is 0 Å². The number of allylic oxidation sites excluding steroid dienone is 2. The maximum atomic E-state index is 11.9. The van der Waals surface area contributed by atoms with E-state index in [-0.39, 0.29) is 24.4 Å². The molecule has 0 unspecified atom stereocenters. The molecule has 1 aromatic rings. The molecule has 0 spiro atoms. The zero-order valence-corrected chi connectivity index (χ0v) is 11.9. The molecule has 0 saturated heterocycles. The average Bonchev–Trinajstić information content (AvgIpc) is 2.49. The van der Waals surface area contributed by atoms with E-state index in [0.717, 1.165) is 12.2 Å². The number of hydrogen-bond acceptors (Lipinski definition) is 5. The summed E-state index contributed by atoms with van der Waals surface area (Å²) in [6, 6.07) is 6.77. The Balaban J connectivity index is 2.19. The van der Waals surface area contributed by atoms with Gasteiger partial charge in [0.1, 0.15) is 5.75 Å². The van der Waals surface area contributed by atoms with Crippen molar-refractivity contribution in [3.63, 3.8) is 0 Å². The number of ketones is 2. The van der Waals surface area contributed by atoms with E-state index in [1.54, 1.807) is 24.3 Å². The van der Waals surface area contributed by atoms with E-state index in [0.29, 0.717) is 11.3 Å². The van der Waals surface area contributed by atoms with Crippen LogP contribution >= 0.6 is 0 Å². The summed E-state index contributed by atoms with van der Waals surface area (Å²) in [5.41, 5.74) is 0.646. The highest BCUT2D eigenvalue weighted by molar-refractivity contribution is 6.18. The van der Waals surface area contributed by atoms with E-state index >= 15 is 0 Å². The Morgan fingerprint density at radius 2 is 1.73 bits per heavy atom. The lowest BCUT2D eigenvalue weighted by Crippen LogP contribution is -2.18. The lowest BCUT2D eigenvalue weighted by atomic mass is 10.1. The molecular formula is C16H14O6. The molecule has 114 valence electrons. The summed E-state index contributed by atoms with van der Waals surface area (Å²) in [5.74, 6) is -1.68. The topological polar surface area (TPSA) is 89.9 Å². The van der Waals surface area contributed by atoms with E-state index in [1.807, 2.05) is 0 Å². The molecule has 0 aliphatic heterocycles. The first-order valence-electron chi connectivity index (χ1n) is 6.55. The van der Waals surface area contributed by atoms with Crippen LogP contribution in [0, 0.1) is 0 Å².